The molecular weight excluding hydrogens is 236 g/mol. The maximum Gasteiger partial charge on any atom is 0.131 e. The van der Waals surface area contributed by atoms with Crippen molar-refractivity contribution in [2.75, 3.05) is 0 Å². The third-order valence-corrected chi connectivity index (χ3v) is 3.80. The molecule has 1 aliphatic heterocycles. The minimum absolute atomic E-state index is 0.00815. The zero-order valence-electron chi connectivity index (χ0n) is 10.9. The summed E-state index contributed by atoms with van der Waals surface area (Å²) >= 11 is 0. The van der Waals surface area contributed by atoms with Gasteiger partial charge in [-0.25, -0.2) is 0 Å². The molecule has 0 fully saturated rings. The van der Waals surface area contributed by atoms with Gasteiger partial charge in [-0.2, -0.15) is 0 Å². The van der Waals surface area contributed by atoms with Crippen LogP contribution in [0, 0.1) is 5.92 Å². The number of rotatable bonds is 3. The topological polar surface area (TPSA) is 26.3 Å². The van der Waals surface area contributed by atoms with Gasteiger partial charge in [-0.3, -0.25) is 0 Å². The normalized spacial score (nSPS) is 15.0. The first-order valence-electron chi connectivity index (χ1n) is 6.66. The van der Waals surface area contributed by atoms with Crippen LogP contribution in [-0.2, 0) is 4.79 Å². The lowest BCUT2D eigenvalue weighted by Gasteiger charge is -2.31. The summed E-state index contributed by atoms with van der Waals surface area (Å²) in [6.45, 7) is 2.06. The Morgan fingerprint density at radius 1 is 1.05 bits per heavy atom. The van der Waals surface area contributed by atoms with Gasteiger partial charge in [0.05, 0.1) is 0 Å². The van der Waals surface area contributed by atoms with Crippen LogP contribution in [0.15, 0.2) is 48.5 Å². The highest BCUT2D eigenvalue weighted by Crippen LogP contribution is 2.47. The first-order valence-corrected chi connectivity index (χ1v) is 6.66. The van der Waals surface area contributed by atoms with Crippen molar-refractivity contribution in [1.29, 1.82) is 0 Å². The van der Waals surface area contributed by atoms with E-state index in [1.165, 1.54) is 0 Å². The molecule has 1 heterocycles. The van der Waals surface area contributed by atoms with Gasteiger partial charge in [0.2, 0.25) is 0 Å². The first kappa shape index (κ1) is 12.0. The lowest BCUT2D eigenvalue weighted by Crippen LogP contribution is -2.19. The second-order valence-electron chi connectivity index (χ2n) is 4.86. The van der Waals surface area contributed by atoms with Crippen LogP contribution < -0.4 is 4.74 Å². The average molecular weight is 252 g/mol. The SMILES string of the molecule is CCC(C=O)C1c2ccccc2Oc2ccccc21. The quantitative estimate of drug-likeness (QED) is 0.767. The number of carbonyl (C=O) groups is 1. The van der Waals surface area contributed by atoms with Gasteiger partial charge in [-0.05, 0) is 18.6 Å². The second kappa shape index (κ2) is 4.88. The molecule has 0 aromatic heterocycles. The van der Waals surface area contributed by atoms with E-state index in [0.29, 0.717) is 0 Å². The summed E-state index contributed by atoms with van der Waals surface area (Å²) in [5, 5.41) is 0. The Balaban J connectivity index is 2.19. The molecule has 0 bridgehead atoms. The summed E-state index contributed by atoms with van der Waals surface area (Å²) in [6.07, 6.45) is 1.90. The van der Waals surface area contributed by atoms with Crippen LogP contribution in [0.5, 0.6) is 11.5 Å². The number of carbonyl (C=O) groups excluding carboxylic acids is 1. The van der Waals surface area contributed by atoms with E-state index in [2.05, 4.69) is 19.1 Å². The van der Waals surface area contributed by atoms with E-state index in [1.54, 1.807) is 0 Å². The minimum atomic E-state index is -0.00815. The fraction of sp³-hybridized carbons (Fsp3) is 0.235. The molecule has 0 saturated heterocycles. The smallest absolute Gasteiger partial charge is 0.131 e. The van der Waals surface area contributed by atoms with Gasteiger partial charge in [-0.1, -0.05) is 43.3 Å². The predicted octanol–water partition coefficient (Wildman–Crippen LogP) is 4.15. The number of hydrogen-bond acceptors (Lipinski definition) is 2. The molecule has 0 N–H and O–H groups in total. The molecule has 2 nitrogen and oxygen atoms in total. The molecule has 0 spiro atoms. The molecule has 0 aliphatic carbocycles. The third kappa shape index (κ3) is 1.93. The van der Waals surface area contributed by atoms with Gasteiger partial charge in [-0.15, -0.1) is 0 Å². The van der Waals surface area contributed by atoms with Crippen molar-refractivity contribution in [3.05, 3.63) is 59.7 Å². The van der Waals surface area contributed by atoms with Crippen LogP contribution in [0.25, 0.3) is 0 Å². The Bertz CT molecular complexity index is 558. The number of para-hydroxylation sites is 2. The zero-order chi connectivity index (χ0) is 13.2. The maximum atomic E-state index is 11.4. The van der Waals surface area contributed by atoms with Gasteiger partial charge in [0.15, 0.2) is 0 Å². The molecule has 0 radical (unpaired) electrons. The fourth-order valence-electron chi connectivity index (χ4n) is 2.82. The Morgan fingerprint density at radius 3 is 2.05 bits per heavy atom. The molecule has 1 atom stereocenters. The number of aldehydes is 1. The summed E-state index contributed by atoms with van der Waals surface area (Å²) in [4.78, 5) is 11.4. The highest BCUT2D eigenvalue weighted by Gasteiger charge is 2.31. The minimum Gasteiger partial charge on any atom is -0.457 e. The Kier molecular flexibility index (Phi) is 3.08. The molecular formula is C17H16O2. The van der Waals surface area contributed by atoms with Gasteiger partial charge in [0.25, 0.3) is 0 Å². The molecule has 1 aliphatic rings. The first-order chi connectivity index (χ1) is 9.35. The number of benzene rings is 2. The summed E-state index contributed by atoms with van der Waals surface area (Å²) in [7, 11) is 0. The van der Waals surface area contributed by atoms with Gasteiger partial charge >= 0.3 is 0 Å². The number of hydrogen-bond donors (Lipinski definition) is 0. The van der Waals surface area contributed by atoms with E-state index in [0.717, 1.165) is 35.3 Å². The van der Waals surface area contributed by atoms with Crippen LogP contribution in [0.4, 0.5) is 0 Å². The molecule has 2 heteroatoms. The van der Waals surface area contributed by atoms with Crippen LogP contribution in [0.2, 0.25) is 0 Å². The lowest BCUT2D eigenvalue weighted by molar-refractivity contribution is -0.111. The summed E-state index contributed by atoms with van der Waals surface area (Å²) in [5.41, 5.74) is 2.22. The summed E-state index contributed by atoms with van der Waals surface area (Å²) < 4.78 is 5.93. The third-order valence-electron chi connectivity index (χ3n) is 3.80. The molecule has 0 amide bonds. The van der Waals surface area contributed by atoms with E-state index in [9.17, 15) is 4.79 Å². The maximum absolute atomic E-state index is 11.4. The predicted molar refractivity (Wildman–Crippen MR) is 74.6 cm³/mol. The summed E-state index contributed by atoms with van der Waals surface area (Å²) in [5.74, 6) is 1.83. The van der Waals surface area contributed by atoms with Crippen molar-refractivity contribution in [2.45, 2.75) is 19.3 Å². The molecule has 2 aromatic carbocycles. The van der Waals surface area contributed by atoms with Crippen molar-refractivity contribution < 1.29 is 9.53 Å². The largest absolute Gasteiger partial charge is 0.457 e. The van der Waals surface area contributed by atoms with Crippen molar-refractivity contribution in [2.24, 2.45) is 5.92 Å². The molecule has 96 valence electrons. The highest BCUT2D eigenvalue weighted by molar-refractivity contribution is 5.63. The van der Waals surface area contributed by atoms with Crippen molar-refractivity contribution in [1.82, 2.24) is 0 Å². The lowest BCUT2D eigenvalue weighted by atomic mass is 9.78. The number of ether oxygens (including phenoxy) is 1. The standard InChI is InChI=1S/C17H16O2/c1-2-12(11-18)17-13-7-3-5-9-15(13)19-16-10-6-4-8-14(16)17/h3-12,17H,2H2,1H3. The van der Waals surface area contributed by atoms with E-state index in [-0.39, 0.29) is 11.8 Å². The molecule has 19 heavy (non-hydrogen) atoms. The van der Waals surface area contributed by atoms with Gasteiger partial charge in [0.1, 0.15) is 17.8 Å². The van der Waals surface area contributed by atoms with Crippen molar-refractivity contribution in [3.63, 3.8) is 0 Å². The zero-order valence-corrected chi connectivity index (χ0v) is 10.9. The van der Waals surface area contributed by atoms with E-state index in [1.807, 2.05) is 36.4 Å². The van der Waals surface area contributed by atoms with E-state index >= 15 is 0 Å². The average Bonchev–Trinajstić information content (AvgIpc) is 2.47. The highest BCUT2D eigenvalue weighted by atomic mass is 16.5. The molecule has 1 unspecified atom stereocenters. The van der Waals surface area contributed by atoms with Crippen LogP contribution in [0.3, 0.4) is 0 Å². The molecule has 3 rings (SSSR count). The fourth-order valence-corrected chi connectivity index (χ4v) is 2.82. The Labute approximate surface area is 113 Å². The number of fused-ring (bicyclic) bond motifs is 2. The van der Waals surface area contributed by atoms with Gasteiger partial charge < -0.3 is 9.53 Å². The van der Waals surface area contributed by atoms with Gasteiger partial charge in [0, 0.05) is 23.0 Å². The van der Waals surface area contributed by atoms with E-state index in [4.69, 9.17) is 4.74 Å². The second-order valence-corrected chi connectivity index (χ2v) is 4.86. The van der Waals surface area contributed by atoms with Crippen LogP contribution in [0.1, 0.15) is 30.4 Å². The summed E-state index contributed by atoms with van der Waals surface area (Å²) in [6, 6.07) is 16.0. The van der Waals surface area contributed by atoms with Crippen LogP contribution >= 0.6 is 0 Å². The van der Waals surface area contributed by atoms with E-state index < -0.39 is 0 Å². The Morgan fingerprint density at radius 2 is 1.58 bits per heavy atom. The monoisotopic (exact) mass is 252 g/mol. The van der Waals surface area contributed by atoms with Crippen molar-refractivity contribution >= 4 is 6.29 Å². The Hall–Kier alpha value is -2.09. The van der Waals surface area contributed by atoms with Crippen molar-refractivity contribution in [3.8, 4) is 11.5 Å². The van der Waals surface area contributed by atoms with Crippen LogP contribution in [-0.4, -0.2) is 6.29 Å². The molecule has 0 saturated carbocycles. The molecule has 2 aromatic rings.